The number of hydrogen-bond donors (Lipinski definition) is 3. The summed E-state index contributed by atoms with van der Waals surface area (Å²) < 4.78 is 0. The van der Waals surface area contributed by atoms with Crippen LogP contribution in [0.1, 0.15) is 13.3 Å². The number of carbonyl (C=O) groups excluding carboxylic acids is 2. The summed E-state index contributed by atoms with van der Waals surface area (Å²) >= 11 is 1.07. The lowest BCUT2D eigenvalue weighted by Gasteiger charge is -2.11. The molecule has 1 heterocycles. The van der Waals surface area contributed by atoms with E-state index in [1.165, 1.54) is 0 Å². The monoisotopic (exact) mass is 246 g/mol. The van der Waals surface area contributed by atoms with E-state index in [0.717, 1.165) is 11.8 Å². The van der Waals surface area contributed by atoms with Gasteiger partial charge in [0.05, 0.1) is 5.92 Å². The van der Waals surface area contributed by atoms with Crippen LogP contribution in [-0.4, -0.2) is 40.6 Å². The molecule has 0 aliphatic carbocycles. The van der Waals surface area contributed by atoms with Gasteiger partial charge in [-0.25, -0.2) is 0 Å². The first kappa shape index (κ1) is 12.8. The number of amides is 2. The fourth-order valence-corrected chi connectivity index (χ4v) is 1.96. The van der Waals surface area contributed by atoms with Gasteiger partial charge in [0.1, 0.15) is 6.04 Å². The summed E-state index contributed by atoms with van der Waals surface area (Å²) in [7, 11) is 0. The Hall–Kier alpha value is -1.24. The number of aliphatic carboxylic acids is 1. The summed E-state index contributed by atoms with van der Waals surface area (Å²) in [5.41, 5.74) is 0. The lowest BCUT2D eigenvalue weighted by Crippen LogP contribution is -2.43. The normalized spacial score (nSPS) is 21.3. The fourth-order valence-electron chi connectivity index (χ4n) is 1.18. The van der Waals surface area contributed by atoms with Crippen LogP contribution in [0.15, 0.2) is 0 Å². The zero-order valence-electron chi connectivity index (χ0n) is 8.86. The minimum absolute atomic E-state index is 0.195. The number of thioether (sulfide) groups is 1. The molecule has 1 aliphatic heterocycles. The minimum atomic E-state index is -0.876. The molecule has 2 amide bonds. The van der Waals surface area contributed by atoms with Gasteiger partial charge in [-0.05, 0) is 6.42 Å². The maximum Gasteiger partial charge on any atom is 0.306 e. The van der Waals surface area contributed by atoms with Crippen LogP contribution in [0.2, 0.25) is 0 Å². The molecule has 1 fully saturated rings. The first-order valence-electron chi connectivity index (χ1n) is 4.94. The molecular weight excluding hydrogens is 232 g/mol. The Morgan fingerprint density at radius 1 is 1.69 bits per heavy atom. The number of rotatable bonds is 5. The van der Waals surface area contributed by atoms with Crippen molar-refractivity contribution in [3.05, 3.63) is 0 Å². The van der Waals surface area contributed by atoms with E-state index in [9.17, 15) is 14.4 Å². The maximum absolute atomic E-state index is 11.5. The Morgan fingerprint density at radius 2 is 2.38 bits per heavy atom. The largest absolute Gasteiger partial charge is 0.481 e. The summed E-state index contributed by atoms with van der Waals surface area (Å²) in [4.78, 5) is 32.8. The smallest absolute Gasteiger partial charge is 0.306 e. The standard InChI is InChI=1S/C9H14N2O4S/c1-5(8(13)14)2-3-10-7(12)6-4-16-9(15)11-6/h5-6H,2-4H2,1H3,(H,10,12)(H,11,15)(H,13,14). The Balaban J connectivity index is 2.20. The third-order valence-corrected chi connectivity index (χ3v) is 3.17. The third-order valence-electron chi connectivity index (χ3n) is 2.29. The van der Waals surface area contributed by atoms with Crippen molar-refractivity contribution in [1.82, 2.24) is 10.6 Å². The van der Waals surface area contributed by atoms with Crippen molar-refractivity contribution < 1.29 is 19.5 Å². The lowest BCUT2D eigenvalue weighted by atomic mass is 10.1. The average Bonchev–Trinajstić information content (AvgIpc) is 2.64. The van der Waals surface area contributed by atoms with Gasteiger partial charge in [-0.1, -0.05) is 18.7 Å². The van der Waals surface area contributed by atoms with E-state index in [2.05, 4.69) is 10.6 Å². The van der Waals surface area contributed by atoms with E-state index in [4.69, 9.17) is 5.11 Å². The molecule has 90 valence electrons. The first-order valence-corrected chi connectivity index (χ1v) is 5.93. The van der Waals surface area contributed by atoms with Crippen molar-refractivity contribution in [3.63, 3.8) is 0 Å². The Morgan fingerprint density at radius 3 is 2.88 bits per heavy atom. The molecule has 0 aromatic rings. The van der Waals surface area contributed by atoms with Crippen LogP contribution in [0.25, 0.3) is 0 Å². The topological polar surface area (TPSA) is 95.5 Å². The summed E-state index contributed by atoms with van der Waals surface area (Å²) in [6.45, 7) is 1.89. The summed E-state index contributed by atoms with van der Waals surface area (Å²) in [6.07, 6.45) is 0.384. The van der Waals surface area contributed by atoms with Crippen molar-refractivity contribution in [3.8, 4) is 0 Å². The highest BCUT2D eigenvalue weighted by Crippen LogP contribution is 2.12. The van der Waals surface area contributed by atoms with Gasteiger partial charge in [0.15, 0.2) is 0 Å². The molecule has 1 saturated heterocycles. The van der Waals surface area contributed by atoms with Crippen LogP contribution in [0.4, 0.5) is 4.79 Å². The molecule has 7 heteroatoms. The second kappa shape index (κ2) is 5.74. The molecule has 16 heavy (non-hydrogen) atoms. The quantitative estimate of drug-likeness (QED) is 0.636. The molecule has 0 aromatic carbocycles. The predicted molar refractivity (Wildman–Crippen MR) is 59.2 cm³/mol. The van der Waals surface area contributed by atoms with Gasteiger partial charge in [-0.3, -0.25) is 14.4 Å². The van der Waals surface area contributed by atoms with E-state index in [1.54, 1.807) is 6.92 Å². The van der Waals surface area contributed by atoms with Crippen molar-refractivity contribution in [1.29, 1.82) is 0 Å². The van der Waals surface area contributed by atoms with Crippen molar-refractivity contribution in [2.45, 2.75) is 19.4 Å². The zero-order chi connectivity index (χ0) is 12.1. The average molecular weight is 246 g/mol. The molecule has 6 nitrogen and oxygen atoms in total. The summed E-state index contributed by atoms with van der Waals surface area (Å²) in [5.74, 6) is -1.18. The van der Waals surface area contributed by atoms with E-state index >= 15 is 0 Å². The molecule has 0 spiro atoms. The van der Waals surface area contributed by atoms with Gasteiger partial charge in [-0.15, -0.1) is 0 Å². The van der Waals surface area contributed by atoms with Crippen LogP contribution in [0.5, 0.6) is 0 Å². The highest BCUT2D eigenvalue weighted by molar-refractivity contribution is 8.14. The van der Waals surface area contributed by atoms with E-state index in [-0.39, 0.29) is 11.1 Å². The van der Waals surface area contributed by atoms with Gasteiger partial charge < -0.3 is 15.7 Å². The number of nitrogens with one attached hydrogen (secondary N) is 2. The van der Waals surface area contributed by atoms with Crippen LogP contribution < -0.4 is 10.6 Å². The second-order valence-corrected chi connectivity index (χ2v) is 4.61. The number of carbonyl (C=O) groups is 3. The molecule has 2 unspecified atom stereocenters. The van der Waals surface area contributed by atoms with Crippen molar-refractivity contribution in [2.24, 2.45) is 5.92 Å². The Labute approximate surface area is 97.2 Å². The molecular formula is C9H14N2O4S. The second-order valence-electron chi connectivity index (χ2n) is 3.61. The zero-order valence-corrected chi connectivity index (χ0v) is 9.67. The van der Waals surface area contributed by atoms with E-state index < -0.39 is 17.9 Å². The van der Waals surface area contributed by atoms with Crippen LogP contribution >= 0.6 is 11.8 Å². The molecule has 1 rings (SSSR count). The molecule has 3 N–H and O–H groups in total. The Kier molecular flexibility index (Phi) is 4.60. The molecule has 0 aromatic heterocycles. The van der Waals surface area contributed by atoms with Gasteiger partial charge in [0.25, 0.3) is 5.24 Å². The highest BCUT2D eigenvalue weighted by Gasteiger charge is 2.27. The van der Waals surface area contributed by atoms with Gasteiger partial charge in [0, 0.05) is 12.3 Å². The van der Waals surface area contributed by atoms with Crippen molar-refractivity contribution >= 4 is 28.9 Å². The third kappa shape index (κ3) is 3.73. The van der Waals surface area contributed by atoms with E-state index in [0.29, 0.717) is 18.7 Å². The predicted octanol–water partition coefficient (Wildman–Crippen LogP) is 0.0384. The summed E-state index contributed by atoms with van der Waals surface area (Å²) in [6, 6.07) is -0.488. The van der Waals surface area contributed by atoms with Crippen LogP contribution in [0, 0.1) is 5.92 Å². The maximum atomic E-state index is 11.5. The van der Waals surface area contributed by atoms with Gasteiger partial charge >= 0.3 is 5.97 Å². The molecule has 0 saturated carbocycles. The van der Waals surface area contributed by atoms with Crippen LogP contribution in [-0.2, 0) is 9.59 Å². The molecule has 1 aliphatic rings. The summed E-state index contributed by atoms with van der Waals surface area (Å²) in [5, 5.41) is 13.5. The van der Waals surface area contributed by atoms with Gasteiger partial charge in [0.2, 0.25) is 5.91 Å². The van der Waals surface area contributed by atoms with Crippen LogP contribution in [0.3, 0.4) is 0 Å². The molecule has 2 atom stereocenters. The fraction of sp³-hybridized carbons (Fsp3) is 0.667. The number of carboxylic acids is 1. The highest BCUT2D eigenvalue weighted by atomic mass is 32.2. The molecule has 0 radical (unpaired) electrons. The van der Waals surface area contributed by atoms with E-state index in [1.807, 2.05) is 0 Å². The minimum Gasteiger partial charge on any atom is -0.481 e. The lowest BCUT2D eigenvalue weighted by molar-refractivity contribution is -0.141. The van der Waals surface area contributed by atoms with Gasteiger partial charge in [-0.2, -0.15) is 0 Å². The number of hydrogen-bond acceptors (Lipinski definition) is 4. The first-order chi connectivity index (χ1) is 7.50. The number of carboxylic acid groups (broad SMARTS) is 1. The molecule has 0 bridgehead atoms. The van der Waals surface area contributed by atoms with Crippen molar-refractivity contribution in [2.75, 3.05) is 12.3 Å². The SMILES string of the molecule is CC(CCNC(=O)C1CSC(=O)N1)C(=O)O. The Bertz CT molecular complexity index is 308.